The predicted molar refractivity (Wildman–Crippen MR) is 56.4 cm³/mol. The van der Waals surface area contributed by atoms with Gasteiger partial charge in [0.15, 0.2) is 0 Å². The van der Waals surface area contributed by atoms with Gasteiger partial charge in [0.05, 0.1) is 5.41 Å². The van der Waals surface area contributed by atoms with Crippen molar-refractivity contribution in [1.82, 2.24) is 5.32 Å². The molecule has 1 fully saturated rings. The Hall–Kier alpha value is -1.06. The molecular formula is C11H19NO3. The van der Waals surface area contributed by atoms with E-state index in [1.165, 1.54) is 0 Å². The summed E-state index contributed by atoms with van der Waals surface area (Å²) < 4.78 is 0. The summed E-state index contributed by atoms with van der Waals surface area (Å²) in [7, 11) is 0. The normalized spacial score (nSPS) is 23.3. The van der Waals surface area contributed by atoms with Crippen LogP contribution in [0.3, 0.4) is 0 Å². The van der Waals surface area contributed by atoms with Crippen LogP contribution in [-0.4, -0.2) is 23.0 Å². The molecule has 4 nitrogen and oxygen atoms in total. The summed E-state index contributed by atoms with van der Waals surface area (Å²) in [4.78, 5) is 22.3. The van der Waals surface area contributed by atoms with Crippen molar-refractivity contribution in [1.29, 1.82) is 0 Å². The third-order valence-corrected chi connectivity index (χ3v) is 3.03. The minimum atomic E-state index is -0.983. The van der Waals surface area contributed by atoms with Crippen LogP contribution in [0.25, 0.3) is 0 Å². The van der Waals surface area contributed by atoms with Crippen molar-refractivity contribution in [3.8, 4) is 0 Å². The van der Waals surface area contributed by atoms with Gasteiger partial charge in [-0.15, -0.1) is 0 Å². The molecule has 0 heterocycles. The third-order valence-electron chi connectivity index (χ3n) is 3.03. The van der Waals surface area contributed by atoms with Gasteiger partial charge in [0.1, 0.15) is 0 Å². The predicted octanol–water partition coefficient (Wildman–Crippen LogP) is 1.40. The molecule has 86 valence electrons. The maximum absolute atomic E-state index is 11.5. The third kappa shape index (κ3) is 2.94. The topological polar surface area (TPSA) is 66.4 Å². The molecule has 1 atom stereocenters. The molecule has 0 aromatic rings. The van der Waals surface area contributed by atoms with Crippen molar-refractivity contribution in [3.63, 3.8) is 0 Å². The number of amides is 1. The maximum atomic E-state index is 11.5. The molecule has 1 unspecified atom stereocenters. The quantitative estimate of drug-likeness (QED) is 0.741. The molecule has 2 N–H and O–H groups in total. The minimum absolute atomic E-state index is 0.0366. The van der Waals surface area contributed by atoms with Crippen LogP contribution >= 0.6 is 0 Å². The lowest BCUT2D eigenvalue weighted by atomic mass is 9.89. The van der Waals surface area contributed by atoms with E-state index in [-0.39, 0.29) is 23.8 Å². The van der Waals surface area contributed by atoms with E-state index < -0.39 is 11.4 Å². The van der Waals surface area contributed by atoms with Crippen molar-refractivity contribution in [2.24, 2.45) is 10.8 Å². The Bertz CT molecular complexity index is 294. The summed E-state index contributed by atoms with van der Waals surface area (Å²) >= 11 is 0. The second-order valence-corrected chi connectivity index (χ2v) is 5.68. The molecule has 0 radical (unpaired) electrons. The van der Waals surface area contributed by atoms with Crippen LogP contribution in [0, 0.1) is 10.8 Å². The van der Waals surface area contributed by atoms with Gasteiger partial charge in [0, 0.05) is 12.5 Å². The van der Waals surface area contributed by atoms with Gasteiger partial charge >= 0.3 is 5.97 Å². The first-order chi connectivity index (χ1) is 6.65. The van der Waals surface area contributed by atoms with Crippen LogP contribution in [-0.2, 0) is 9.59 Å². The number of carbonyl (C=O) groups excluding carboxylic acids is 1. The van der Waals surface area contributed by atoms with Gasteiger partial charge in [0.2, 0.25) is 5.91 Å². The first-order valence-corrected chi connectivity index (χ1v) is 5.18. The Balaban J connectivity index is 2.40. The first kappa shape index (κ1) is 12.0. The van der Waals surface area contributed by atoms with E-state index in [2.05, 4.69) is 19.2 Å². The van der Waals surface area contributed by atoms with Crippen LogP contribution in [0.5, 0.6) is 0 Å². The first-order valence-electron chi connectivity index (χ1n) is 5.18. The van der Waals surface area contributed by atoms with E-state index >= 15 is 0 Å². The van der Waals surface area contributed by atoms with E-state index in [1.54, 1.807) is 13.8 Å². The molecule has 0 aromatic heterocycles. The van der Waals surface area contributed by atoms with E-state index in [0.717, 1.165) is 6.42 Å². The lowest BCUT2D eigenvalue weighted by Crippen LogP contribution is -2.35. The molecule has 0 aromatic carbocycles. The summed E-state index contributed by atoms with van der Waals surface area (Å²) in [5, 5.41) is 11.7. The molecule has 0 spiro atoms. The van der Waals surface area contributed by atoms with Crippen LogP contribution in [0.2, 0.25) is 0 Å². The van der Waals surface area contributed by atoms with Crippen LogP contribution < -0.4 is 5.32 Å². The Morgan fingerprint density at radius 3 is 2.27 bits per heavy atom. The zero-order valence-electron chi connectivity index (χ0n) is 9.76. The van der Waals surface area contributed by atoms with Gasteiger partial charge < -0.3 is 10.4 Å². The Morgan fingerprint density at radius 1 is 1.47 bits per heavy atom. The van der Waals surface area contributed by atoms with Crippen LogP contribution in [0.15, 0.2) is 0 Å². The van der Waals surface area contributed by atoms with Gasteiger partial charge in [-0.1, -0.05) is 13.8 Å². The number of hydrogen-bond acceptors (Lipinski definition) is 2. The molecule has 1 rings (SSSR count). The molecule has 4 heteroatoms. The molecule has 0 bridgehead atoms. The van der Waals surface area contributed by atoms with E-state index in [0.29, 0.717) is 0 Å². The molecule has 0 aliphatic heterocycles. The van der Waals surface area contributed by atoms with Gasteiger partial charge in [-0.05, 0) is 25.7 Å². The van der Waals surface area contributed by atoms with E-state index in [4.69, 9.17) is 5.11 Å². The highest BCUT2D eigenvalue weighted by atomic mass is 16.4. The highest BCUT2D eigenvalue weighted by Crippen LogP contribution is 2.44. The highest BCUT2D eigenvalue weighted by Gasteiger charge is 2.47. The lowest BCUT2D eigenvalue weighted by Gasteiger charge is -2.18. The number of hydrogen-bond donors (Lipinski definition) is 2. The fourth-order valence-corrected chi connectivity index (χ4v) is 1.44. The van der Waals surface area contributed by atoms with Crippen molar-refractivity contribution in [3.05, 3.63) is 0 Å². The zero-order valence-corrected chi connectivity index (χ0v) is 9.76. The summed E-state index contributed by atoms with van der Waals surface area (Å²) in [5.74, 6) is -1.11. The standard InChI is InChI=1S/C11H19NO3/c1-10(2)5-7(10)12-8(13)6-11(3,4)9(14)15/h7H,5-6H2,1-4H3,(H,12,13)(H,14,15). The molecule has 1 amide bonds. The van der Waals surface area contributed by atoms with Crippen LogP contribution in [0.1, 0.15) is 40.5 Å². The number of carboxylic acid groups (broad SMARTS) is 1. The zero-order chi connectivity index (χ0) is 11.9. The Morgan fingerprint density at radius 2 is 1.93 bits per heavy atom. The number of carbonyl (C=O) groups is 2. The van der Waals surface area contributed by atoms with Crippen LogP contribution in [0.4, 0.5) is 0 Å². The molecule has 1 aliphatic carbocycles. The second kappa shape index (κ2) is 3.51. The molecule has 15 heavy (non-hydrogen) atoms. The SMILES string of the molecule is CC(C)(CC(=O)NC1CC1(C)C)C(=O)O. The minimum Gasteiger partial charge on any atom is -0.481 e. The summed E-state index contributed by atoms with van der Waals surface area (Å²) in [5.41, 5.74) is -0.799. The Kier molecular flexibility index (Phi) is 2.81. The number of carboxylic acids is 1. The van der Waals surface area contributed by atoms with Crippen molar-refractivity contribution in [2.75, 3.05) is 0 Å². The average Bonchev–Trinajstić information content (AvgIpc) is 2.55. The molecule has 1 aliphatic rings. The lowest BCUT2D eigenvalue weighted by molar-refractivity contribution is -0.149. The number of rotatable bonds is 4. The van der Waals surface area contributed by atoms with Gasteiger partial charge in [-0.2, -0.15) is 0 Å². The van der Waals surface area contributed by atoms with Gasteiger partial charge in [-0.25, -0.2) is 0 Å². The van der Waals surface area contributed by atoms with E-state index in [1.807, 2.05) is 0 Å². The fraction of sp³-hybridized carbons (Fsp3) is 0.818. The van der Waals surface area contributed by atoms with E-state index in [9.17, 15) is 9.59 Å². The maximum Gasteiger partial charge on any atom is 0.309 e. The largest absolute Gasteiger partial charge is 0.481 e. The monoisotopic (exact) mass is 213 g/mol. The summed E-state index contributed by atoms with van der Waals surface area (Å²) in [6.07, 6.45) is 1.02. The summed E-state index contributed by atoms with van der Waals surface area (Å²) in [6, 6.07) is 0.217. The van der Waals surface area contributed by atoms with Crippen molar-refractivity contribution < 1.29 is 14.7 Å². The fourth-order valence-electron chi connectivity index (χ4n) is 1.44. The molecular weight excluding hydrogens is 194 g/mol. The summed E-state index contributed by atoms with van der Waals surface area (Å²) in [6.45, 7) is 7.29. The number of aliphatic carboxylic acids is 1. The van der Waals surface area contributed by atoms with Gasteiger partial charge in [-0.3, -0.25) is 9.59 Å². The number of nitrogens with one attached hydrogen (secondary N) is 1. The van der Waals surface area contributed by atoms with Gasteiger partial charge in [0.25, 0.3) is 0 Å². The van der Waals surface area contributed by atoms with Crippen molar-refractivity contribution >= 4 is 11.9 Å². The smallest absolute Gasteiger partial charge is 0.309 e. The average molecular weight is 213 g/mol. The second-order valence-electron chi connectivity index (χ2n) is 5.68. The Labute approximate surface area is 90.0 Å². The highest BCUT2D eigenvalue weighted by molar-refractivity contribution is 5.84. The van der Waals surface area contributed by atoms with Crippen molar-refractivity contribution in [2.45, 2.75) is 46.6 Å². The molecule has 0 saturated heterocycles. The molecule has 1 saturated carbocycles.